The van der Waals surface area contributed by atoms with Gasteiger partial charge in [0.15, 0.2) is 0 Å². The molecular formula is C37H48ClFN2O3. The number of rotatable bonds is 10. The summed E-state index contributed by atoms with van der Waals surface area (Å²) in [4.78, 5) is 18.1. The Morgan fingerprint density at radius 2 is 1.82 bits per heavy atom. The monoisotopic (exact) mass is 622 g/mol. The van der Waals surface area contributed by atoms with Crippen LogP contribution >= 0.6 is 12.4 Å². The summed E-state index contributed by atoms with van der Waals surface area (Å²) in [6.45, 7) is 13.8. The number of hydrogen-bond acceptors (Lipinski definition) is 5. The van der Waals surface area contributed by atoms with Crippen molar-refractivity contribution in [2.24, 2.45) is 0 Å². The second kappa shape index (κ2) is 14.5. The van der Waals surface area contributed by atoms with Gasteiger partial charge in [0, 0.05) is 24.9 Å². The zero-order chi connectivity index (χ0) is 30.6. The first kappa shape index (κ1) is 34.0. The summed E-state index contributed by atoms with van der Waals surface area (Å²) in [5.41, 5.74) is 4.32. The number of nitrogens with zero attached hydrogens (tertiary/aromatic N) is 2. The standard InChI is InChI=1S/C37H47FN2O3.ClH/c1-6-18-37(5,27-13-15-29(38)16-14-27)28-24-32(42-34(41)12-11-22-39-20-9-8-10-21-39)35-30-26-40(19-7-2)23-17-31(30)36(3,4)43-33(35)25-28;/h2,13-16,24-25H,6,8-12,17-23,26H2,1,3-5H3;1H. The lowest BCUT2D eigenvalue weighted by Gasteiger charge is -2.43. The molecule has 3 aliphatic heterocycles. The van der Waals surface area contributed by atoms with Crippen LogP contribution in [-0.2, 0) is 10.2 Å². The summed E-state index contributed by atoms with van der Waals surface area (Å²) in [7, 11) is 0. The maximum Gasteiger partial charge on any atom is 0.311 e. The van der Waals surface area contributed by atoms with Crippen molar-refractivity contribution in [3.05, 3.63) is 64.5 Å². The number of halogens is 2. The van der Waals surface area contributed by atoms with Gasteiger partial charge in [0.05, 0.1) is 12.1 Å². The Labute approximate surface area is 269 Å². The molecule has 0 aromatic heterocycles. The van der Waals surface area contributed by atoms with E-state index >= 15 is 0 Å². The average molecular weight is 623 g/mol. The van der Waals surface area contributed by atoms with Crippen molar-refractivity contribution >= 4 is 23.9 Å². The Kier molecular flexibility index (Phi) is 11.2. The number of benzene rings is 2. The molecule has 0 radical (unpaired) electrons. The van der Waals surface area contributed by atoms with Gasteiger partial charge in [-0.25, -0.2) is 4.39 Å². The highest BCUT2D eigenvalue weighted by molar-refractivity contribution is 5.86. The molecule has 44 heavy (non-hydrogen) atoms. The van der Waals surface area contributed by atoms with Gasteiger partial charge in [-0.3, -0.25) is 9.69 Å². The van der Waals surface area contributed by atoms with Crippen LogP contribution in [0.1, 0.15) is 95.8 Å². The fourth-order valence-corrected chi connectivity index (χ4v) is 7.26. The van der Waals surface area contributed by atoms with Gasteiger partial charge in [0.1, 0.15) is 22.9 Å². The van der Waals surface area contributed by atoms with E-state index in [9.17, 15) is 9.18 Å². The Morgan fingerprint density at radius 1 is 1.09 bits per heavy atom. The van der Waals surface area contributed by atoms with Crippen LogP contribution in [0.4, 0.5) is 4.39 Å². The number of likely N-dealkylation sites (tertiary alicyclic amines) is 1. The Hall–Kier alpha value is -2.85. The lowest BCUT2D eigenvalue weighted by molar-refractivity contribution is -0.134. The number of fused-ring (bicyclic) bond motifs is 2. The zero-order valence-corrected chi connectivity index (χ0v) is 27.7. The van der Waals surface area contributed by atoms with E-state index in [0.717, 1.165) is 79.9 Å². The molecule has 7 heteroatoms. The molecule has 3 aliphatic rings. The molecule has 1 fully saturated rings. The third-order valence-corrected chi connectivity index (χ3v) is 9.59. The minimum atomic E-state index is -0.504. The molecule has 0 saturated carbocycles. The molecule has 0 amide bonds. The molecule has 1 unspecified atom stereocenters. The van der Waals surface area contributed by atoms with Crippen molar-refractivity contribution in [3.8, 4) is 23.8 Å². The molecule has 238 valence electrons. The quantitative estimate of drug-likeness (QED) is 0.154. The van der Waals surface area contributed by atoms with Gasteiger partial charge in [-0.2, -0.15) is 0 Å². The van der Waals surface area contributed by atoms with E-state index in [4.69, 9.17) is 15.9 Å². The van der Waals surface area contributed by atoms with E-state index in [1.807, 2.05) is 18.2 Å². The van der Waals surface area contributed by atoms with Crippen molar-refractivity contribution in [2.45, 2.75) is 90.1 Å². The molecule has 0 bridgehead atoms. The maximum atomic E-state index is 13.9. The topological polar surface area (TPSA) is 42.0 Å². The predicted molar refractivity (Wildman–Crippen MR) is 178 cm³/mol. The van der Waals surface area contributed by atoms with Gasteiger partial charge < -0.3 is 14.4 Å². The minimum Gasteiger partial charge on any atom is -0.483 e. The largest absolute Gasteiger partial charge is 0.483 e. The van der Waals surface area contributed by atoms with Crippen molar-refractivity contribution in [2.75, 3.05) is 39.3 Å². The molecule has 3 heterocycles. The molecular weight excluding hydrogens is 575 g/mol. The van der Waals surface area contributed by atoms with Crippen LogP contribution in [0, 0.1) is 18.2 Å². The van der Waals surface area contributed by atoms with Crippen molar-refractivity contribution in [1.29, 1.82) is 0 Å². The van der Waals surface area contributed by atoms with E-state index < -0.39 is 11.0 Å². The molecule has 0 spiro atoms. The lowest BCUT2D eigenvalue weighted by Crippen LogP contribution is -2.42. The summed E-state index contributed by atoms with van der Waals surface area (Å²) in [5.74, 6) is 3.59. The molecule has 0 N–H and O–H groups in total. The van der Waals surface area contributed by atoms with E-state index in [1.165, 1.54) is 37.0 Å². The minimum absolute atomic E-state index is 0. The summed E-state index contributed by atoms with van der Waals surface area (Å²) in [5, 5.41) is 0. The third-order valence-electron chi connectivity index (χ3n) is 9.59. The number of carbonyl (C=O) groups excluding carboxylic acids is 1. The van der Waals surface area contributed by atoms with Gasteiger partial charge in [-0.1, -0.05) is 44.7 Å². The average Bonchev–Trinajstić information content (AvgIpc) is 2.97. The van der Waals surface area contributed by atoms with Crippen LogP contribution in [0.2, 0.25) is 0 Å². The van der Waals surface area contributed by atoms with E-state index in [-0.39, 0.29) is 24.2 Å². The molecule has 5 rings (SSSR count). The second-order valence-corrected chi connectivity index (χ2v) is 13.2. The number of esters is 1. The van der Waals surface area contributed by atoms with Gasteiger partial charge in [0.2, 0.25) is 0 Å². The summed E-state index contributed by atoms with van der Waals surface area (Å²) < 4.78 is 27.0. The first-order valence-corrected chi connectivity index (χ1v) is 16.1. The summed E-state index contributed by atoms with van der Waals surface area (Å²) >= 11 is 0. The van der Waals surface area contributed by atoms with Crippen molar-refractivity contribution in [1.82, 2.24) is 9.80 Å². The van der Waals surface area contributed by atoms with Gasteiger partial charge >= 0.3 is 5.97 Å². The smallest absolute Gasteiger partial charge is 0.311 e. The van der Waals surface area contributed by atoms with Gasteiger partial charge in [-0.05, 0) is 112 Å². The van der Waals surface area contributed by atoms with Crippen LogP contribution in [0.5, 0.6) is 11.5 Å². The van der Waals surface area contributed by atoms with Crippen LogP contribution in [-0.4, -0.2) is 60.6 Å². The second-order valence-electron chi connectivity index (χ2n) is 13.2. The fraction of sp³-hybridized carbons (Fsp3) is 0.541. The lowest BCUT2D eigenvalue weighted by atomic mass is 9.72. The zero-order valence-electron chi connectivity index (χ0n) is 26.8. The SMILES string of the molecule is C#CCN1CCC2=C(C1)c1c(OC(=O)CCCN3CCCCC3)cc(C(C)(CCC)c3ccc(F)cc3)cc1OC2(C)C.Cl. The molecule has 2 aromatic carbocycles. The molecule has 1 saturated heterocycles. The first-order valence-electron chi connectivity index (χ1n) is 16.1. The number of hydrogen-bond donors (Lipinski definition) is 0. The van der Waals surface area contributed by atoms with Gasteiger partial charge in [0.25, 0.3) is 0 Å². The summed E-state index contributed by atoms with van der Waals surface area (Å²) in [6, 6.07) is 10.9. The normalized spacial score (nSPS) is 19.5. The van der Waals surface area contributed by atoms with E-state index in [1.54, 1.807) is 0 Å². The molecule has 2 aromatic rings. The summed E-state index contributed by atoms with van der Waals surface area (Å²) in [6.07, 6.45) is 13.2. The molecule has 1 atom stereocenters. The van der Waals surface area contributed by atoms with Gasteiger partial charge in [-0.15, -0.1) is 18.8 Å². The highest BCUT2D eigenvalue weighted by atomic mass is 35.5. The van der Waals surface area contributed by atoms with E-state index in [2.05, 4.69) is 49.5 Å². The van der Waals surface area contributed by atoms with Crippen LogP contribution in [0.3, 0.4) is 0 Å². The Balaban J connectivity index is 0.00000442. The maximum absolute atomic E-state index is 13.9. The number of carbonyl (C=O) groups is 1. The van der Waals surface area contributed by atoms with E-state index in [0.29, 0.717) is 25.3 Å². The van der Waals surface area contributed by atoms with Crippen molar-refractivity contribution < 1.29 is 18.7 Å². The van der Waals surface area contributed by atoms with Crippen molar-refractivity contribution in [3.63, 3.8) is 0 Å². The number of piperidine rings is 1. The first-order chi connectivity index (χ1) is 20.6. The Morgan fingerprint density at radius 3 is 2.50 bits per heavy atom. The molecule has 5 nitrogen and oxygen atoms in total. The van der Waals surface area contributed by atoms with Crippen LogP contribution in [0.15, 0.2) is 42.0 Å². The predicted octanol–water partition coefficient (Wildman–Crippen LogP) is 7.79. The third kappa shape index (κ3) is 7.33. The Bertz CT molecular complexity index is 1390. The van der Waals surface area contributed by atoms with Crippen LogP contribution < -0.4 is 9.47 Å². The fourth-order valence-electron chi connectivity index (χ4n) is 7.26. The number of ether oxygens (including phenoxy) is 2. The number of terminal acetylenes is 1. The van der Waals surface area contributed by atoms with Crippen LogP contribution in [0.25, 0.3) is 5.57 Å². The highest BCUT2D eigenvalue weighted by Crippen LogP contribution is 2.51. The molecule has 0 aliphatic carbocycles. The highest BCUT2D eigenvalue weighted by Gasteiger charge is 2.41.